The summed E-state index contributed by atoms with van der Waals surface area (Å²) in [6.07, 6.45) is 2.26. The minimum absolute atomic E-state index is 0.0922. The van der Waals surface area contributed by atoms with Crippen molar-refractivity contribution in [1.29, 1.82) is 0 Å². The first-order valence-electron chi connectivity index (χ1n) is 10.4. The molecule has 0 aromatic heterocycles. The van der Waals surface area contributed by atoms with Gasteiger partial charge in [-0.2, -0.15) is 0 Å². The number of rotatable bonds is 14. The topological polar surface area (TPSA) is 143 Å². The van der Waals surface area contributed by atoms with Gasteiger partial charge in [-0.05, 0) is 76.8 Å². The van der Waals surface area contributed by atoms with E-state index in [1.807, 2.05) is 14.1 Å². The monoisotopic (exact) mass is 420 g/mol. The third kappa shape index (κ3) is 10.3. The Morgan fingerprint density at radius 2 is 1.30 bits per heavy atom. The van der Waals surface area contributed by atoms with Gasteiger partial charge in [-0.3, -0.25) is 14.4 Å². The fourth-order valence-electron chi connectivity index (χ4n) is 2.74. The number of amides is 3. The molecule has 0 saturated carbocycles. The molecule has 0 fully saturated rings. The predicted molar refractivity (Wildman–Crippen MR) is 118 cm³/mol. The lowest BCUT2D eigenvalue weighted by atomic mass is 10.0. The number of benzene rings is 1. The Kier molecular flexibility index (Phi) is 12.3. The average Bonchev–Trinajstić information content (AvgIpc) is 2.71. The van der Waals surface area contributed by atoms with Crippen molar-refractivity contribution < 1.29 is 14.4 Å². The van der Waals surface area contributed by atoms with E-state index in [9.17, 15) is 14.4 Å². The Hall–Kier alpha value is -2.49. The number of carbonyl (C=O) groups is 3. The lowest BCUT2D eigenvalue weighted by molar-refractivity contribution is -0.120. The molecular weight excluding hydrogens is 384 g/mol. The van der Waals surface area contributed by atoms with Crippen LogP contribution in [0.5, 0.6) is 0 Å². The summed E-state index contributed by atoms with van der Waals surface area (Å²) in [6, 6.07) is 4.83. The molecule has 1 aromatic carbocycles. The summed E-state index contributed by atoms with van der Waals surface area (Å²) in [5, 5.41) is 8.43. The van der Waals surface area contributed by atoms with Crippen molar-refractivity contribution in [2.45, 2.75) is 25.7 Å². The minimum Gasteiger partial charge on any atom is -0.356 e. The van der Waals surface area contributed by atoms with Gasteiger partial charge in [0.15, 0.2) is 0 Å². The zero-order valence-electron chi connectivity index (χ0n) is 18.1. The van der Waals surface area contributed by atoms with Gasteiger partial charge in [0.2, 0.25) is 5.91 Å². The van der Waals surface area contributed by atoms with Crippen molar-refractivity contribution >= 4 is 17.7 Å². The van der Waals surface area contributed by atoms with Crippen molar-refractivity contribution in [3.05, 3.63) is 34.9 Å². The number of hydrogen-bond donors (Lipinski definition) is 5. The molecule has 1 rings (SSSR count). The molecule has 168 valence electrons. The Balaban J connectivity index is 2.87. The fraction of sp³-hybridized carbons (Fsp3) is 0.571. The summed E-state index contributed by atoms with van der Waals surface area (Å²) >= 11 is 0. The normalized spacial score (nSPS) is 10.7. The standard InChI is InChI=1S/C21H36N6O3/c1-27(2)11-5-10-24-19(28)14-16-12-17(20(29)25-8-3-6-22)15-18(13-16)21(30)26-9-4-7-23/h12-13,15H,3-11,14,22-23H2,1-2H3,(H,24,28)(H,25,29)(H,26,30). The molecule has 0 aliphatic rings. The number of carbonyl (C=O) groups excluding carboxylic acids is 3. The van der Waals surface area contributed by atoms with Crippen LogP contribution in [0.2, 0.25) is 0 Å². The third-order valence-corrected chi connectivity index (χ3v) is 4.32. The predicted octanol–water partition coefficient (Wildman–Crippen LogP) is -0.546. The van der Waals surface area contributed by atoms with Crippen LogP contribution in [0.1, 0.15) is 45.5 Å². The van der Waals surface area contributed by atoms with Gasteiger partial charge in [-0.25, -0.2) is 0 Å². The van der Waals surface area contributed by atoms with Crippen LogP contribution in [0.3, 0.4) is 0 Å². The molecular formula is C21H36N6O3. The van der Waals surface area contributed by atoms with Gasteiger partial charge in [0, 0.05) is 30.8 Å². The van der Waals surface area contributed by atoms with Crippen LogP contribution in [0, 0.1) is 0 Å². The summed E-state index contributed by atoms with van der Waals surface area (Å²) in [7, 11) is 3.96. The first kappa shape index (κ1) is 25.5. The molecule has 9 nitrogen and oxygen atoms in total. The van der Waals surface area contributed by atoms with Crippen molar-refractivity contribution in [2.75, 3.05) is 53.4 Å². The van der Waals surface area contributed by atoms with E-state index in [0.717, 1.165) is 13.0 Å². The van der Waals surface area contributed by atoms with Gasteiger partial charge < -0.3 is 32.3 Å². The quantitative estimate of drug-likeness (QED) is 0.256. The molecule has 30 heavy (non-hydrogen) atoms. The van der Waals surface area contributed by atoms with Gasteiger partial charge in [0.1, 0.15) is 0 Å². The number of nitrogens with one attached hydrogen (secondary N) is 3. The number of hydrogen-bond acceptors (Lipinski definition) is 6. The Morgan fingerprint density at radius 3 is 1.77 bits per heavy atom. The molecule has 0 bridgehead atoms. The lowest BCUT2D eigenvalue weighted by Crippen LogP contribution is -2.30. The second kappa shape index (κ2) is 14.5. The maximum Gasteiger partial charge on any atom is 0.251 e. The van der Waals surface area contributed by atoms with Crippen LogP contribution in [0.15, 0.2) is 18.2 Å². The highest BCUT2D eigenvalue weighted by atomic mass is 16.2. The Labute approximate surface area is 178 Å². The highest BCUT2D eigenvalue weighted by Crippen LogP contribution is 2.12. The third-order valence-electron chi connectivity index (χ3n) is 4.32. The largest absolute Gasteiger partial charge is 0.356 e. The molecule has 0 atom stereocenters. The molecule has 1 aromatic rings. The van der Waals surface area contributed by atoms with E-state index < -0.39 is 0 Å². The van der Waals surface area contributed by atoms with Gasteiger partial charge in [0.05, 0.1) is 6.42 Å². The maximum absolute atomic E-state index is 12.5. The van der Waals surface area contributed by atoms with Crippen LogP contribution >= 0.6 is 0 Å². The number of nitrogens with two attached hydrogens (primary N) is 2. The summed E-state index contributed by atoms with van der Waals surface area (Å²) in [6.45, 7) is 3.30. The van der Waals surface area contributed by atoms with Crippen LogP contribution in [-0.2, 0) is 11.2 Å². The zero-order valence-corrected chi connectivity index (χ0v) is 18.1. The average molecular weight is 421 g/mol. The van der Waals surface area contributed by atoms with E-state index in [0.29, 0.717) is 62.3 Å². The second-order valence-electron chi connectivity index (χ2n) is 7.40. The van der Waals surface area contributed by atoms with Crippen molar-refractivity contribution in [3.8, 4) is 0 Å². The zero-order chi connectivity index (χ0) is 22.4. The van der Waals surface area contributed by atoms with E-state index in [1.54, 1.807) is 12.1 Å². The van der Waals surface area contributed by atoms with Gasteiger partial charge in [0.25, 0.3) is 11.8 Å². The molecule has 0 heterocycles. The van der Waals surface area contributed by atoms with Crippen molar-refractivity contribution in [1.82, 2.24) is 20.9 Å². The Morgan fingerprint density at radius 1 is 0.800 bits per heavy atom. The highest BCUT2D eigenvalue weighted by molar-refractivity contribution is 6.00. The van der Waals surface area contributed by atoms with Crippen LogP contribution in [0.4, 0.5) is 0 Å². The highest BCUT2D eigenvalue weighted by Gasteiger charge is 2.14. The molecule has 0 saturated heterocycles. The van der Waals surface area contributed by atoms with Gasteiger partial charge >= 0.3 is 0 Å². The van der Waals surface area contributed by atoms with Crippen LogP contribution in [0.25, 0.3) is 0 Å². The van der Waals surface area contributed by atoms with E-state index in [1.165, 1.54) is 6.07 Å². The lowest BCUT2D eigenvalue weighted by Gasteiger charge is -2.12. The first-order chi connectivity index (χ1) is 14.4. The van der Waals surface area contributed by atoms with Gasteiger partial charge in [-0.1, -0.05) is 0 Å². The SMILES string of the molecule is CN(C)CCCNC(=O)Cc1cc(C(=O)NCCCN)cc(C(=O)NCCCN)c1. The Bertz CT molecular complexity index is 653. The molecule has 0 spiro atoms. The molecule has 3 amide bonds. The van der Waals surface area contributed by atoms with Crippen LogP contribution < -0.4 is 27.4 Å². The molecule has 0 aliphatic heterocycles. The maximum atomic E-state index is 12.5. The van der Waals surface area contributed by atoms with E-state index in [2.05, 4.69) is 20.9 Å². The molecule has 7 N–H and O–H groups in total. The summed E-state index contributed by atoms with van der Waals surface area (Å²) in [5.74, 6) is -0.746. The smallest absolute Gasteiger partial charge is 0.251 e. The molecule has 9 heteroatoms. The molecule has 0 aliphatic carbocycles. The van der Waals surface area contributed by atoms with E-state index >= 15 is 0 Å². The van der Waals surface area contributed by atoms with E-state index in [-0.39, 0.29) is 24.1 Å². The van der Waals surface area contributed by atoms with Crippen molar-refractivity contribution in [3.63, 3.8) is 0 Å². The summed E-state index contributed by atoms with van der Waals surface area (Å²) in [5.41, 5.74) is 12.2. The second-order valence-corrected chi connectivity index (χ2v) is 7.40. The van der Waals surface area contributed by atoms with E-state index in [4.69, 9.17) is 11.5 Å². The minimum atomic E-state index is -0.298. The van der Waals surface area contributed by atoms with Crippen molar-refractivity contribution in [2.24, 2.45) is 11.5 Å². The summed E-state index contributed by atoms with van der Waals surface area (Å²) in [4.78, 5) is 39.3. The molecule has 0 unspecified atom stereocenters. The molecule has 0 radical (unpaired) electrons. The first-order valence-corrected chi connectivity index (χ1v) is 10.4. The number of nitrogens with zero attached hydrogens (tertiary/aromatic N) is 1. The van der Waals surface area contributed by atoms with Gasteiger partial charge in [-0.15, -0.1) is 0 Å². The fourth-order valence-corrected chi connectivity index (χ4v) is 2.74. The summed E-state index contributed by atoms with van der Waals surface area (Å²) < 4.78 is 0. The van der Waals surface area contributed by atoms with Crippen LogP contribution in [-0.4, -0.2) is 76.0 Å².